The highest BCUT2D eigenvalue weighted by Crippen LogP contribution is 2.30. The van der Waals surface area contributed by atoms with Gasteiger partial charge in [-0.05, 0) is 61.2 Å². The van der Waals surface area contributed by atoms with Gasteiger partial charge >= 0.3 is 0 Å². The molecule has 0 spiro atoms. The number of hydrogen-bond donors (Lipinski definition) is 0. The van der Waals surface area contributed by atoms with Crippen LogP contribution >= 0.6 is 11.6 Å². The molecule has 1 atom stereocenters. The number of halogens is 2. The minimum Gasteiger partial charge on any atom is -0.495 e. The summed E-state index contributed by atoms with van der Waals surface area (Å²) in [5, 5.41) is 0. The maximum Gasteiger partial charge on any atom is 0.202 e. The molecular formula is C26H25ClFN3O2. The van der Waals surface area contributed by atoms with Crippen molar-refractivity contribution in [3.05, 3.63) is 95.5 Å². The van der Waals surface area contributed by atoms with Gasteiger partial charge in [-0.1, -0.05) is 24.3 Å². The quantitative estimate of drug-likeness (QED) is 0.260. The van der Waals surface area contributed by atoms with Crippen LogP contribution in [0.5, 0.6) is 5.75 Å². The van der Waals surface area contributed by atoms with E-state index in [0.29, 0.717) is 17.5 Å². The standard InChI is InChI=1S/C26H25ClFN3O2/c1-18-16-31(17-30-18)24-12-6-19(14-25(24)32-2)5-11-22-15-29-26(33-22)23(4-3-13-27)20-7-9-21(28)10-8-20/h5-12,14-17,23H,3-4,13H2,1-2H3. The van der Waals surface area contributed by atoms with Gasteiger partial charge < -0.3 is 13.7 Å². The number of oxazole rings is 1. The molecule has 170 valence electrons. The fourth-order valence-electron chi connectivity index (χ4n) is 3.69. The smallest absolute Gasteiger partial charge is 0.202 e. The van der Waals surface area contributed by atoms with E-state index in [1.807, 2.05) is 48.0 Å². The minimum absolute atomic E-state index is 0.0792. The molecule has 0 fully saturated rings. The Labute approximate surface area is 197 Å². The van der Waals surface area contributed by atoms with Gasteiger partial charge in [0.25, 0.3) is 0 Å². The summed E-state index contributed by atoms with van der Waals surface area (Å²) < 4.78 is 26.9. The van der Waals surface area contributed by atoms with E-state index in [1.54, 1.807) is 31.8 Å². The number of rotatable bonds is 9. The lowest BCUT2D eigenvalue weighted by Gasteiger charge is -2.13. The number of imidazole rings is 1. The number of aromatic nitrogens is 3. The van der Waals surface area contributed by atoms with Gasteiger partial charge in [0.05, 0.1) is 36.9 Å². The van der Waals surface area contributed by atoms with Crippen molar-refractivity contribution in [1.82, 2.24) is 14.5 Å². The average Bonchev–Trinajstić information content (AvgIpc) is 3.48. The second-order valence-electron chi connectivity index (χ2n) is 7.72. The molecule has 33 heavy (non-hydrogen) atoms. The summed E-state index contributed by atoms with van der Waals surface area (Å²) in [6, 6.07) is 12.4. The van der Waals surface area contributed by atoms with Crippen LogP contribution in [0.2, 0.25) is 0 Å². The lowest BCUT2D eigenvalue weighted by Crippen LogP contribution is -2.02. The zero-order valence-corrected chi connectivity index (χ0v) is 19.3. The molecule has 0 aliphatic heterocycles. The van der Waals surface area contributed by atoms with Gasteiger partial charge in [-0.2, -0.15) is 0 Å². The van der Waals surface area contributed by atoms with Crippen LogP contribution in [0.1, 0.15) is 47.2 Å². The van der Waals surface area contributed by atoms with Gasteiger partial charge in [0.1, 0.15) is 17.3 Å². The summed E-state index contributed by atoms with van der Waals surface area (Å²) in [6.07, 6.45) is 10.8. The number of alkyl halides is 1. The van der Waals surface area contributed by atoms with Gasteiger partial charge in [0, 0.05) is 12.1 Å². The highest BCUT2D eigenvalue weighted by Gasteiger charge is 2.19. The summed E-state index contributed by atoms with van der Waals surface area (Å²) in [5.74, 6) is 2.16. The molecule has 1 unspecified atom stereocenters. The van der Waals surface area contributed by atoms with Crippen LogP contribution in [0.4, 0.5) is 4.39 Å². The second-order valence-corrected chi connectivity index (χ2v) is 8.10. The molecular weight excluding hydrogens is 441 g/mol. The first-order chi connectivity index (χ1) is 16.1. The molecule has 0 aliphatic rings. The number of ether oxygens (including phenoxy) is 1. The van der Waals surface area contributed by atoms with Crippen molar-refractivity contribution >= 4 is 23.8 Å². The predicted molar refractivity (Wildman–Crippen MR) is 128 cm³/mol. The van der Waals surface area contributed by atoms with Gasteiger partial charge in [-0.25, -0.2) is 14.4 Å². The Morgan fingerprint density at radius 3 is 2.67 bits per heavy atom. The zero-order chi connectivity index (χ0) is 23.2. The first-order valence-electron chi connectivity index (χ1n) is 10.7. The molecule has 0 saturated heterocycles. The molecule has 4 aromatic rings. The molecule has 0 amide bonds. The lowest BCUT2D eigenvalue weighted by atomic mass is 9.94. The van der Waals surface area contributed by atoms with Crippen molar-refractivity contribution in [3.63, 3.8) is 0 Å². The third-order valence-electron chi connectivity index (χ3n) is 5.37. The van der Waals surface area contributed by atoms with E-state index >= 15 is 0 Å². The van der Waals surface area contributed by atoms with E-state index in [2.05, 4.69) is 9.97 Å². The van der Waals surface area contributed by atoms with E-state index in [0.717, 1.165) is 41.1 Å². The largest absolute Gasteiger partial charge is 0.495 e. The molecule has 0 radical (unpaired) electrons. The normalized spacial score (nSPS) is 12.4. The zero-order valence-electron chi connectivity index (χ0n) is 18.5. The molecule has 2 heterocycles. The molecule has 0 saturated carbocycles. The molecule has 7 heteroatoms. The summed E-state index contributed by atoms with van der Waals surface area (Å²) >= 11 is 5.91. The summed E-state index contributed by atoms with van der Waals surface area (Å²) in [6.45, 7) is 1.95. The Morgan fingerprint density at radius 1 is 1.15 bits per heavy atom. The Morgan fingerprint density at radius 2 is 1.97 bits per heavy atom. The van der Waals surface area contributed by atoms with Crippen LogP contribution < -0.4 is 4.74 Å². The van der Waals surface area contributed by atoms with Crippen molar-refractivity contribution in [2.24, 2.45) is 0 Å². The molecule has 2 aromatic carbocycles. The van der Waals surface area contributed by atoms with E-state index in [4.69, 9.17) is 20.8 Å². The average molecular weight is 466 g/mol. The molecule has 5 nitrogen and oxygen atoms in total. The van der Waals surface area contributed by atoms with Crippen molar-refractivity contribution in [2.75, 3.05) is 13.0 Å². The Balaban J connectivity index is 1.54. The van der Waals surface area contributed by atoms with Crippen molar-refractivity contribution < 1.29 is 13.5 Å². The number of hydrogen-bond acceptors (Lipinski definition) is 4. The van der Waals surface area contributed by atoms with Crippen LogP contribution in [0, 0.1) is 12.7 Å². The van der Waals surface area contributed by atoms with Crippen LogP contribution in [-0.2, 0) is 0 Å². The topological polar surface area (TPSA) is 53.1 Å². The first kappa shape index (κ1) is 22.8. The SMILES string of the molecule is COc1cc(C=Cc2cnc(C(CCCCl)c3ccc(F)cc3)o2)ccc1-n1cnc(C)c1. The van der Waals surface area contributed by atoms with E-state index in [9.17, 15) is 4.39 Å². The highest BCUT2D eigenvalue weighted by atomic mass is 35.5. The molecule has 2 aromatic heterocycles. The Hall–Kier alpha value is -3.38. The first-order valence-corrected chi connectivity index (χ1v) is 11.2. The predicted octanol–water partition coefficient (Wildman–Crippen LogP) is 6.64. The van der Waals surface area contributed by atoms with Gasteiger partial charge in [0.2, 0.25) is 5.89 Å². The summed E-state index contributed by atoms with van der Waals surface area (Å²) in [7, 11) is 1.65. The van der Waals surface area contributed by atoms with Crippen LogP contribution in [0.25, 0.3) is 17.8 Å². The summed E-state index contributed by atoms with van der Waals surface area (Å²) in [5.41, 5.74) is 3.77. The van der Waals surface area contributed by atoms with Crippen LogP contribution in [0.3, 0.4) is 0 Å². The maximum absolute atomic E-state index is 13.4. The van der Waals surface area contributed by atoms with Gasteiger partial charge in [-0.3, -0.25) is 0 Å². The fraction of sp³-hybridized carbons (Fsp3) is 0.231. The van der Waals surface area contributed by atoms with Crippen LogP contribution in [0.15, 0.2) is 65.6 Å². The van der Waals surface area contributed by atoms with Gasteiger partial charge in [-0.15, -0.1) is 11.6 Å². The van der Waals surface area contributed by atoms with Crippen molar-refractivity contribution in [3.8, 4) is 11.4 Å². The fourth-order valence-corrected chi connectivity index (χ4v) is 3.84. The highest BCUT2D eigenvalue weighted by molar-refractivity contribution is 6.17. The number of methoxy groups -OCH3 is 1. The number of nitrogens with zero attached hydrogens (tertiary/aromatic N) is 3. The lowest BCUT2D eigenvalue weighted by molar-refractivity contribution is 0.413. The van der Waals surface area contributed by atoms with Crippen molar-refractivity contribution in [2.45, 2.75) is 25.7 Å². The van der Waals surface area contributed by atoms with E-state index in [1.165, 1.54) is 12.1 Å². The van der Waals surface area contributed by atoms with Crippen LogP contribution in [-0.4, -0.2) is 27.5 Å². The Kier molecular flexibility index (Phi) is 7.25. The molecule has 0 aliphatic carbocycles. The van der Waals surface area contributed by atoms with Gasteiger partial charge in [0.15, 0.2) is 0 Å². The third kappa shape index (κ3) is 5.52. The Bertz CT molecular complexity index is 1230. The van der Waals surface area contributed by atoms with E-state index in [-0.39, 0.29) is 11.7 Å². The molecule has 0 N–H and O–H groups in total. The third-order valence-corrected chi connectivity index (χ3v) is 5.64. The van der Waals surface area contributed by atoms with E-state index < -0.39 is 0 Å². The van der Waals surface area contributed by atoms with Crippen molar-refractivity contribution in [1.29, 1.82) is 0 Å². The molecule has 4 rings (SSSR count). The minimum atomic E-state index is -0.268. The number of benzene rings is 2. The molecule has 0 bridgehead atoms. The monoisotopic (exact) mass is 465 g/mol. The summed E-state index contributed by atoms with van der Waals surface area (Å²) in [4.78, 5) is 8.76. The number of aryl methyl sites for hydroxylation is 1. The second kappa shape index (κ2) is 10.5. The maximum atomic E-state index is 13.4.